The summed E-state index contributed by atoms with van der Waals surface area (Å²) in [6.45, 7) is 3.64. The van der Waals surface area contributed by atoms with Gasteiger partial charge in [-0.15, -0.1) is 0 Å². The molecule has 94 valence electrons. The quantitative estimate of drug-likeness (QED) is 0.874. The molecule has 1 aliphatic heterocycles. The maximum absolute atomic E-state index is 9.17. The lowest BCUT2D eigenvalue weighted by molar-refractivity contribution is 0.216. The number of aliphatic hydroxyl groups is 1. The predicted octanol–water partition coefficient (Wildman–Crippen LogP) is 1.00. The van der Waals surface area contributed by atoms with Crippen LogP contribution in [0.4, 0.5) is 0 Å². The first-order chi connectivity index (χ1) is 8.86. The molecule has 2 fully saturated rings. The zero-order valence-corrected chi connectivity index (χ0v) is 10.2. The maximum atomic E-state index is 9.17. The van der Waals surface area contributed by atoms with Gasteiger partial charge in [0.15, 0.2) is 0 Å². The molecule has 0 bridgehead atoms. The number of pyridine rings is 1. The van der Waals surface area contributed by atoms with Crippen molar-refractivity contribution in [3.8, 4) is 0 Å². The van der Waals surface area contributed by atoms with Crippen molar-refractivity contribution in [2.75, 3.05) is 19.7 Å². The lowest BCUT2D eigenvalue weighted by Crippen LogP contribution is -2.25. The summed E-state index contributed by atoms with van der Waals surface area (Å²) in [4.78, 5) is 6.81. The molecule has 3 heterocycles. The molecule has 1 aliphatic carbocycles. The van der Waals surface area contributed by atoms with Gasteiger partial charge < -0.3 is 9.51 Å². The average Bonchev–Trinajstić information content (AvgIpc) is 2.80. The normalized spacial score (nSPS) is 30.8. The number of likely N-dealkylation sites (tertiary alicyclic amines) is 1. The first-order valence-electron chi connectivity index (χ1n) is 6.61. The van der Waals surface area contributed by atoms with Gasteiger partial charge in [0.25, 0.3) is 0 Å². The van der Waals surface area contributed by atoms with Crippen molar-refractivity contribution in [2.24, 2.45) is 17.8 Å². The first kappa shape index (κ1) is 10.5. The number of fused-ring (bicyclic) bond motifs is 2. The van der Waals surface area contributed by atoms with Gasteiger partial charge >= 0.3 is 0 Å². The second-order valence-corrected chi connectivity index (χ2v) is 5.54. The Balaban J connectivity index is 1.51. The summed E-state index contributed by atoms with van der Waals surface area (Å²) in [5, 5.41) is 9.17. The molecule has 4 nitrogen and oxygen atoms in total. The molecule has 2 aromatic rings. The van der Waals surface area contributed by atoms with E-state index in [1.807, 2.05) is 18.5 Å². The number of hydrogen-bond acceptors (Lipinski definition) is 3. The van der Waals surface area contributed by atoms with Crippen molar-refractivity contribution in [3.63, 3.8) is 0 Å². The minimum atomic E-state index is 0.375. The number of hydrogen-bond donors (Lipinski definition) is 1. The van der Waals surface area contributed by atoms with Gasteiger partial charge in [-0.1, -0.05) is 6.07 Å². The van der Waals surface area contributed by atoms with E-state index < -0.39 is 0 Å². The Bertz CT molecular complexity index is 567. The Morgan fingerprint density at radius 1 is 1.28 bits per heavy atom. The average molecular weight is 243 g/mol. The third-order valence-electron chi connectivity index (χ3n) is 4.56. The highest BCUT2D eigenvalue weighted by molar-refractivity contribution is 5.39. The van der Waals surface area contributed by atoms with Gasteiger partial charge in [0, 0.05) is 44.3 Å². The van der Waals surface area contributed by atoms with E-state index in [9.17, 15) is 5.11 Å². The fourth-order valence-electron chi connectivity index (χ4n) is 3.50. The van der Waals surface area contributed by atoms with E-state index in [0.29, 0.717) is 12.5 Å². The molecule has 1 saturated carbocycles. The minimum Gasteiger partial charge on any atom is -0.396 e. The molecule has 4 rings (SSSR count). The van der Waals surface area contributed by atoms with Gasteiger partial charge in [-0.2, -0.15) is 0 Å². The molecule has 0 aromatic carbocycles. The third-order valence-corrected chi connectivity index (χ3v) is 4.56. The van der Waals surface area contributed by atoms with Gasteiger partial charge in [0.2, 0.25) is 0 Å². The molecule has 0 radical (unpaired) electrons. The molecule has 1 N–H and O–H groups in total. The fourth-order valence-corrected chi connectivity index (χ4v) is 3.50. The van der Waals surface area contributed by atoms with E-state index in [2.05, 4.69) is 26.4 Å². The van der Waals surface area contributed by atoms with Gasteiger partial charge in [0.05, 0.1) is 0 Å². The summed E-state index contributed by atoms with van der Waals surface area (Å²) >= 11 is 0. The van der Waals surface area contributed by atoms with Gasteiger partial charge in [-0.25, -0.2) is 4.98 Å². The molecular formula is C14H17N3O. The van der Waals surface area contributed by atoms with Crippen molar-refractivity contribution in [3.05, 3.63) is 36.3 Å². The highest BCUT2D eigenvalue weighted by Gasteiger charge is 2.54. The molecule has 1 unspecified atom stereocenters. The van der Waals surface area contributed by atoms with E-state index in [-0.39, 0.29) is 0 Å². The van der Waals surface area contributed by atoms with E-state index >= 15 is 0 Å². The zero-order valence-electron chi connectivity index (χ0n) is 10.2. The van der Waals surface area contributed by atoms with Crippen LogP contribution in [0.1, 0.15) is 5.69 Å². The van der Waals surface area contributed by atoms with E-state index in [1.54, 1.807) is 0 Å². The topological polar surface area (TPSA) is 40.8 Å². The second kappa shape index (κ2) is 3.80. The Morgan fingerprint density at radius 2 is 2.11 bits per heavy atom. The lowest BCUT2D eigenvalue weighted by atomic mass is 10.2. The molecule has 18 heavy (non-hydrogen) atoms. The Morgan fingerprint density at radius 3 is 2.89 bits per heavy atom. The molecule has 0 spiro atoms. The number of imidazole rings is 1. The summed E-state index contributed by atoms with van der Waals surface area (Å²) in [6.07, 6.45) is 3.88. The zero-order chi connectivity index (χ0) is 12.1. The summed E-state index contributed by atoms with van der Waals surface area (Å²) in [6, 6.07) is 6.28. The Labute approximate surface area is 106 Å². The molecule has 1 saturated heterocycles. The molecule has 2 aliphatic rings. The van der Waals surface area contributed by atoms with Crippen LogP contribution in [0.5, 0.6) is 0 Å². The smallest absolute Gasteiger partial charge is 0.136 e. The molecular weight excluding hydrogens is 226 g/mol. The number of aromatic nitrogens is 2. The minimum absolute atomic E-state index is 0.375. The largest absolute Gasteiger partial charge is 0.396 e. The van der Waals surface area contributed by atoms with Crippen LogP contribution >= 0.6 is 0 Å². The van der Waals surface area contributed by atoms with Gasteiger partial charge in [0.1, 0.15) is 5.65 Å². The van der Waals surface area contributed by atoms with Crippen molar-refractivity contribution in [2.45, 2.75) is 6.54 Å². The standard InChI is InChI=1S/C14H17N3O/c18-9-13-11-7-16(8-12(11)13)6-10-2-1-3-14-15-4-5-17(10)14/h1-5,11-13,18H,6-9H2/t11-,12+,13?. The van der Waals surface area contributed by atoms with Gasteiger partial charge in [-0.3, -0.25) is 4.90 Å². The highest BCUT2D eigenvalue weighted by Crippen LogP contribution is 2.51. The van der Waals surface area contributed by atoms with Crippen LogP contribution in [0, 0.1) is 17.8 Å². The summed E-state index contributed by atoms with van der Waals surface area (Å²) in [5.41, 5.74) is 2.32. The van der Waals surface area contributed by atoms with Crippen molar-refractivity contribution in [1.82, 2.24) is 14.3 Å². The van der Waals surface area contributed by atoms with Crippen LogP contribution in [0.25, 0.3) is 5.65 Å². The Kier molecular flexibility index (Phi) is 2.22. The number of rotatable bonds is 3. The monoisotopic (exact) mass is 243 g/mol. The fraction of sp³-hybridized carbons (Fsp3) is 0.500. The van der Waals surface area contributed by atoms with Crippen LogP contribution in [0.2, 0.25) is 0 Å². The maximum Gasteiger partial charge on any atom is 0.136 e. The first-order valence-corrected chi connectivity index (χ1v) is 6.61. The number of piperidine rings is 1. The second-order valence-electron chi connectivity index (χ2n) is 5.54. The molecule has 0 amide bonds. The van der Waals surface area contributed by atoms with E-state index in [0.717, 1.165) is 37.1 Å². The molecule has 3 atom stereocenters. The molecule has 2 aromatic heterocycles. The third kappa shape index (κ3) is 1.49. The molecule has 4 heteroatoms. The Hall–Kier alpha value is -1.39. The van der Waals surface area contributed by atoms with E-state index in [1.165, 1.54) is 5.69 Å². The summed E-state index contributed by atoms with van der Waals surface area (Å²) in [7, 11) is 0. The van der Waals surface area contributed by atoms with Gasteiger partial charge in [-0.05, 0) is 29.9 Å². The SMILES string of the molecule is OCC1[C@H]2CN(Cc3cccc4nccn34)C[C@@H]12. The summed E-state index contributed by atoms with van der Waals surface area (Å²) in [5.74, 6) is 2.08. The predicted molar refractivity (Wildman–Crippen MR) is 68.0 cm³/mol. The van der Waals surface area contributed by atoms with E-state index in [4.69, 9.17) is 0 Å². The van der Waals surface area contributed by atoms with Crippen LogP contribution < -0.4 is 0 Å². The van der Waals surface area contributed by atoms with Crippen LogP contribution in [-0.4, -0.2) is 39.1 Å². The number of aliphatic hydroxyl groups excluding tert-OH is 1. The van der Waals surface area contributed by atoms with Crippen LogP contribution in [0.15, 0.2) is 30.6 Å². The van der Waals surface area contributed by atoms with Crippen LogP contribution in [0.3, 0.4) is 0 Å². The van der Waals surface area contributed by atoms with Crippen molar-refractivity contribution in [1.29, 1.82) is 0 Å². The summed E-state index contributed by atoms with van der Waals surface area (Å²) < 4.78 is 2.16. The van der Waals surface area contributed by atoms with Crippen molar-refractivity contribution >= 4 is 5.65 Å². The van der Waals surface area contributed by atoms with Crippen molar-refractivity contribution < 1.29 is 5.11 Å². The lowest BCUT2D eigenvalue weighted by Gasteiger charge is -2.19. The number of nitrogens with zero attached hydrogens (tertiary/aromatic N) is 3. The van der Waals surface area contributed by atoms with Crippen LogP contribution in [-0.2, 0) is 6.54 Å². The highest BCUT2D eigenvalue weighted by atomic mass is 16.3.